The van der Waals surface area contributed by atoms with Gasteiger partial charge in [0.1, 0.15) is 23.9 Å². The average Bonchev–Trinajstić information content (AvgIpc) is 2.97. The molecule has 0 bridgehead atoms. The molecule has 5 unspecified atom stereocenters. The second-order valence-corrected chi connectivity index (χ2v) is 10.4. The highest BCUT2D eigenvalue weighted by atomic mass is 16.4. The molecule has 43 heavy (non-hydrogen) atoms. The third-order valence-electron chi connectivity index (χ3n) is 7.00. The van der Waals surface area contributed by atoms with Crippen LogP contribution in [0.15, 0.2) is 59.6 Å². The SMILES string of the molecule is CCC(C)C(NC(=O)C(CCCN=C(N)N)NC(=O)C(Cc1ccccc1)NC(=O)C(N)Cc1ccc(O)cc1)C(=O)O. The van der Waals surface area contributed by atoms with E-state index < -0.39 is 47.9 Å². The highest BCUT2D eigenvalue weighted by molar-refractivity contribution is 5.94. The van der Waals surface area contributed by atoms with Gasteiger partial charge in [-0.05, 0) is 48.4 Å². The van der Waals surface area contributed by atoms with Crippen LogP contribution in [0.4, 0.5) is 0 Å². The lowest BCUT2D eigenvalue weighted by molar-refractivity contribution is -0.144. The van der Waals surface area contributed by atoms with Gasteiger partial charge >= 0.3 is 5.97 Å². The van der Waals surface area contributed by atoms with E-state index in [-0.39, 0.29) is 43.4 Å². The second-order valence-electron chi connectivity index (χ2n) is 10.4. The number of aliphatic carboxylic acids is 1. The Hall–Kier alpha value is -4.65. The molecule has 0 aromatic heterocycles. The van der Waals surface area contributed by atoms with E-state index in [2.05, 4.69) is 20.9 Å². The fraction of sp³-hybridized carbons (Fsp3) is 0.433. The van der Waals surface area contributed by atoms with Crippen molar-refractivity contribution in [3.8, 4) is 5.75 Å². The minimum atomic E-state index is -1.19. The summed E-state index contributed by atoms with van der Waals surface area (Å²) in [5.74, 6) is -3.50. The van der Waals surface area contributed by atoms with Gasteiger partial charge in [0.05, 0.1) is 6.04 Å². The molecule has 2 aromatic rings. The smallest absolute Gasteiger partial charge is 0.326 e. The Kier molecular flexibility index (Phi) is 13.9. The van der Waals surface area contributed by atoms with Crippen LogP contribution in [0.2, 0.25) is 0 Å². The molecule has 13 nitrogen and oxygen atoms in total. The van der Waals surface area contributed by atoms with Crippen LogP contribution in [0, 0.1) is 5.92 Å². The molecule has 0 radical (unpaired) electrons. The summed E-state index contributed by atoms with van der Waals surface area (Å²) in [5.41, 5.74) is 18.4. The molecule has 0 aliphatic rings. The maximum atomic E-state index is 13.6. The first-order valence-corrected chi connectivity index (χ1v) is 14.2. The molecule has 0 aliphatic heterocycles. The van der Waals surface area contributed by atoms with Crippen LogP contribution in [0.5, 0.6) is 5.75 Å². The van der Waals surface area contributed by atoms with Crippen LogP contribution in [-0.2, 0) is 32.0 Å². The van der Waals surface area contributed by atoms with Crippen LogP contribution in [0.25, 0.3) is 0 Å². The van der Waals surface area contributed by atoms with Crippen LogP contribution in [0.1, 0.15) is 44.2 Å². The van der Waals surface area contributed by atoms with E-state index in [0.29, 0.717) is 12.8 Å². The second kappa shape index (κ2) is 17.3. The zero-order valence-corrected chi connectivity index (χ0v) is 24.5. The average molecular weight is 598 g/mol. The third-order valence-corrected chi connectivity index (χ3v) is 7.00. The molecule has 0 saturated heterocycles. The number of nitrogens with two attached hydrogens (primary N) is 3. The number of carbonyl (C=O) groups is 4. The van der Waals surface area contributed by atoms with Crippen molar-refractivity contribution < 1.29 is 29.4 Å². The van der Waals surface area contributed by atoms with Crippen molar-refractivity contribution in [1.29, 1.82) is 0 Å². The normalized spacial score (nSPS) is 14.3. The predicted octanol–water partition coefficient (Wildman–Crippen LogP) is 0.143. The summed E-state index contributed by atoms with van der Waals surface area (Å²) in [6.45, 7) is 3.70. The minimum Gasteiger partial charge on any atom is -0.508 e. The van der Waals surface area contributed by atoms with Gasteiger partial charge in [-0.3, -0.25) is 19.4 Å². The number of phenolic OH excluding ortho intramolecular Hbond substituents is 1. The van der Waals surface area contributed by atoms with Crippen molar-refractivity contribution in [2.75, 3.05) is 6.54 Å². The largest absolute Gasteiger partial charge is 0.508 e. The van der Waals surface area contributed by atoms with Gasteiger partial charge in [-0.25, -0.2) is 4.79 Å². The number of nitrogens with zero attached hydrogens (tertiary/aromatic N) is 1. The number of nitrogens with one attached hydrogen (secondary N) is 3. The molecule has 0 spiro atoms. The van der Waals surface area contributed by atoms with Gasteiger partial charge in [-0.15, -0.1) is 0 Å². The number of carbonyl (C=O) groups excluding carboxylic acids is 3. The number of phenols is 1. The fourth-order valence-corrected chi connectivity index (χ4v) is 4.30. The number of hydrogen-bond acceptors (Lipinski definition) is 7. The van der Waals surface area contributed by atoms with Crippen LogP contribution < -0.4 is 33.2 Å². The molecule has 5 atom stereocenters. The van der Waals surface area contributed by atoms with E-state index in [1.165, 1.54) is 12.1 Å². The zero-order valence-electron chi connectivity index (χ0n) is 24.5. The van der Waals surface area contributed by atoms with Crippen LogP contribution >= 0.6 is 0 Å². The summed E-state index contributed by atoms with van der Waals surface area (Å²) in [4.78, 5) is 55.7. The first-order chi connectivity index (χ1) is 20.4. The number of carboxylic acids is 1. The van der Waals surface area contributed by atoms with E-state index in [0.717, 1.165) is 11.1 Å². The topological polar surface area (TPSA) is 235 Å². The van der Waals surface area contributed by atoms with Crippen molar-refractivity contribution in [1.82, 2.24) is 16.0 Å². The van der Waals surface area contributed by atoms with Gasteiger partial charge in [0.25, 0.3) is 0 Å². The Morgan fingerprint density at radius 1 is 0.837 bits per heavy atom. The van der Waals surface area contributed by atoms with E-state index in [9.17, 15) is 29.4 Å². The van der Waals surface area contributed by atoms with Gasteiger partial charge in [-0.1, -0.05) is 62.7 Å². The molecular formula is C30H43N7O6. The van der Waals surface area contributed by atoms with Crippen LogP contribution in [0.3, 0.4) is 0 Å². The first-order valence-electron chi connectivity index (χ1n) is 14.2. The number of hydrogen-bond donors (Lipinski definition) is 8. The number of benzene rings is 2. The van der Waals surface area contributed by atoms with Crippen molar-refractivity contribution >= 4 is 29.7 Å². The number of aromatic hydroxyl groups is 1. The Balaban J connectivity index is 2.25. The van der Waals surface area contributed by atoms with E-state index in [4.69, 9.17) is 17.2 Å². The third kappa shape index (κ3) is 12.0. The summed E-state index contributed by atoms with van der Waals surface area (Å²) >= 11 is 0. The molecule has 234 valence electrons. The van der Waals surface area contributed by atoms with Crippen molar-refractivity contribution in [2.45, 2.75) is 70.1 Å². The summed E-state index contributed by atoms with van der Waals surface area (Å²) in [5, 5.41) is 27.1. The fourth-order valence-electron chi connectivity index (χ4n) is 4.30. The molecule has 0 saturated carbocycles. The summed E-state index contributed by atoms with van der Waals surface area (Å²) < 4.78 is 0. The number of amides is 3. The molecule has 0 heterocycles. The molecule has 13 heteroatoms. The zero-order chi connectivity index (χ0) is 31.9. The van der Waals surface area contributed by atoms with Gasteiger partial charge in [0, 0.05) is 13.0 Å². The number of aliphatic imine (C=N–C) groups is 1. The Bertz CT molecular complexity index is 1240. The molecule has 2 rings (SSSR count). The van der Waals surface area contributed by atoms with Gasteiger partial charge in [-0.2, -0.15) is 0 Å². The Morgan fingerprint density at radius 2 is 1.42 bits per heavy atom. The number of guanidine groups is 1. The highest BCUT2D eigenvalue weighted by Crippen LogP contribution is 2.12. The molecule has 2 aromatic carbocycles. The highest BCUT2D eigenvalue weighted by Gasteiger charge is 2.32. The van der Waals surface area contributed by atoms with E-state index in [1.807, 2.05) is 13.0 Å². The minimum absolute atomic E-state index is 0.0806. The molecule has 11 N–H and O–H groups in total. The lowest BCUT2D eigenvalue weighted by atomic mass is 9.98. The molecule has 3 amide bonds. The monoisotopic (exact) mass is 597 g/mol. The summed E-state index contributed by atoms with van der Waals surface area (Å²) in [6, 6.07) is 10.9. The standard InChI is InChI=1S/C30H43N7O6/c1-3-18(2)25(29(42)43)37-27(40)23(10-7-15-34-30(32)33)35-28(41)24(17-19-8-5-4-6-9-19)36-26(39)22(31)16-20-11-13-21(38)14-12-20/h4-6,8-9,11-14,18,22-25,38H,3,7,10,15-17,31H2,1-2H3,(H,35,41)(H,36,39)(H,37,40)(H,42,43)(H4,32,33,34). The lowest BCUT2D eigenvalue weighted by Gasteiger charge is -2.26. The molecule has 0 aliphatic carbocycles. The molecular weight excluding hydrogens is 554 g/mol. The number of rotatable bonds is 17. The van der Waals surface area contributed by atoms with Crippen molar-refractivity contribution in [3.63, 3.8) is 0 Å². The summed E-state index contributed by atoms with van der Waals surface area (Å²) in [6.07, 6.45) is 1.19. The van der Waals surface area contributed by atoms with Crippen molar-refractivity contribution in [3.05, 3.63) is 65.7 Å². The first kappa shape index (κ1) is 34.6. The van der Waals surface area contributed by atoms with Gasteiger partial charge < -0.3 is 43.4 Å². The predicted molar refractivity (Wildman–Crippen MR) is 163 cm³/mol. The Morgan fingerprint density at radius 3 is 2.00 bits per heavy atom. The summed E-state index contributed by atoms with van der Waals surface area (Å²) in [7, 11) is 0. The quantitative estimate of drug-likeness (QED) is 0.0702. The molecule has 0 fully saturated rings. The van der Waals surface area contributed by atoms with Gasteiger partial charge in [0.2, 0.25) is 17.7 Å². The number of carboxylic acid groups (broad SMARTS) is 1. The lowest BCUT2D eigenvalue weighted by Crippen LogP contribution is -2.58. The van der Waals surface area contributed by atoms with Gasteiger partial charge in [0.15, 0.2) is 5.96 Å². The van der Waals surface area contributed by atoms with E-state index >= 15 is 0 Å². The maximum Gasteiger partial charge on any atom is 0.326 e. The Labute approximate surface area is 251 Å². The van der Waals surface area contributed by atoms with Crippen LogP contribution in [-0.4, -0.2) is 70.6 Å². The van der Waals surface area contributed by atoms with Crippen molar-refractivity contribution in [2.24, 2.45) is 28.1 Å². The van der Waals surface area contributed by atoms with E-state index in [1.54, 1.807) is 43.3 Å². The maximum absolute atomic E-state index is 13.6.